The Morgan fingerprint density at radius 3 is 1.64 bits per heavy atom. The van der Waals surface area contributed by atoms with Gasteiger partial charge >= 0.3 is 0 Å². The summed E-state index contributed by atoms with van der Waals surface area (Å²) in [4.78, 5) is 2.51. The van der Waals surface area contributed by atoms with E-state index < -0.39 is 0 Å². The van der Waals surface area contributed by atoms with E-state index in [1.54, 1.807) is 0 Å². The molecule has 1 aliphatic carbocycles. The Hall–Kier alpha value is -7.16. The maximum atomic E-state index is 2.51. The first-order valence-electron chi connectivity index (χ1n) is 19.5. The summed E-state index contributed by atoms with van der Waals surface area (Å²) in [5, 5.41) is 2.52. The van der Waals surface area contributed by atoms with E-state index >= 15 is 0 Å². The molecule has 8 aromatic carbocycles. The molecule has 11 rings (SSSR count). The first-order valence-corrected chi connectivity index (χ1v) is 19.5. The largest absolute Gasteiger partial charge is 0.333 e. The Kier molecular flexibility index (Phi) is 7.67. The van der Waals surface area contributed by atoms with E-state index in [4.69, 9.17) is 0 Å². The van der Waals surface area contributed by atoms with Crippen molar-refractivity contribution in [2.75, 3.05) is 4.90 Å². The lowest BCUT2D eigenvalue weighted by molar-refractivity contribution is 0.745. The zero-order chi connectivity index (χ0) is 37.0. The summed E-state index contributed by atoms with van der Waals surface area (Å²) in [6, 6.07) is 71.2. The molecule has 2 unspecified atom stereocenters. The second kappa shape index (κ2) is 13.3. The van der Waals surface area contributed by atoms with Gasteiger partial charge in [-0.25, -0.2) is 0 Å². The van der Waals surface area contributed by atoms with Crippen molar-refractivity contribution >= 4 is 33.2 Å². The van der Waals surface area contributed by atoms with E-state index in [0.717, 1.165) is 0 Å². The van der Waals surface area contributed by atoms with Gasteiger partial charge in [0.2, 0.25) is 0 Å². The molecule has 1 aliphatic heterocycles. The number of fused-ring (bicyclic) bond motifs is 6. The van der Waals surface area contributed by atoms with E-state index in [0.29, 0.717) is 5.92 Å². The molecule has 1 aromatic heterocycles. The lowest BCUT2D eigenvalue weighted by Crippen LogP contribution is -2.28. The summed E-state index contributed by atoms with van der Waals surface area (Å²) in [7, 11) is 0. The van der Waals surface area contributed by atoms with Crippen LogP contribution in [0, 0.1) is 0 Å². The Balaban J connectivity index is 0.917. The van der Waals surface area contributed by atoms with Crippen LogP contribution in [0.5, 0.6) is 0 Å². The maximum absolute atomic E-state index is 2.51. The number of hydrogen-bond acceptors (Lipinski definition) is 1. The molecule has 2 heteroatoms. The van der Waals surface area contributed by atoms with Gasteiger partial charge in [0, 0.05) is 33.8 Å². The molecule has 2 atom stereocenters. The second-order valence-corrected chi connectivity index (χ2v) is 14.9. The number of benzene rings is 8. The second-order valence-electron chi connectivity index (χ2n) is 14.9. The molecule has 0 spiro atoms. The summed E-state index contributed by atoms with van der Waals surface area (Å²) in [6.45, 7) is 0. The number of aromatic nitrogens is 1. The van der Waals surface area contributed by atoms with Crippen LogP contribution in [0.1, 0.15) is 11.5 Å². The zero-order valence-electron chi connectivity index (χ0n) is 30.8. The maximum Gasteiger partial charge on any atom is 0.0629 e. The lowest BCUT2D eigenvalue weighted by atomic mass is 9.89. The first-order chi connectivity index (χ1) is 27.8. The Morgan fingerprint density at radius 2 is 0.875 bits per heavy atom. The van der Waals surface area contributed by atoms with E-state index in [2.05, 4.69) is 228 Å². The van der Waals surface area contributed by atoms with Crippen molar-refractivity contribution in [3.05, 3.63) is 224 Å². The highest BCUT2D eigenvalue weighted by Gasteiger charge is 2.37. The van der Waals surface area contributed by atoms with Crippen LogP contribution in [0.2, 0.25) is 0 Å². The van der Waals surface area contributed by atoms with Gasteiger partial charge in [-0.1, -0.05) is 164 Å². The highest BCUT2D eigenvalue weighted by atomic mass is 15.2. The molecule has 264 valence electrons. The summed E-state index contributed by atoms with van der Waals surface area (Å²) in [5.41, 5.74) is 17.3. The molecule has 0 amide bonds. The fourth-order valence-corrected chi connectivity index (χ4v) is 9.01. The van der Waals surface area contributed by atoms with Crippen LogP contribution in [0.15, 0.2) is 218 Å². The standard InChI is InChI=1S/C54H38N2/c1-3-12-37(13-4-1)39-26-30-45(31-27-39)55-51-20-9-7-18-47(51)49-35-43(28-32-53(49)55)40-22-24-41(25-23-40)44-29-33-54-50(36-44)48-19-8-10-21-52(48)56(54)46-17-11-16-42(34-46)38-14-5-2-6-15-38/h1-36,47,51H. The van der Waals surface area contributed by atoms with Crippen LogP contribution in [0.4, 0.5) is 11.4 Å². The first kappa shape index (κ1) is 32.3. The normalized spacial score (nSPS) is 15.7. The minimum atomic E-state index is 0.254. The van der Waals surface area contributed by atoms with Gasteiger partial charge in [-0.3, -0.25) is 0 Å². The molecule has 0 N–H and O–H groups in total. The SMILES string of the molecule is C1=CC2c3cc(-c4ccc(-c5ccc6c(c5)c5ccccc5n6-c5cccc(-c6ccccc6)c5)cc4)ccc3N(c3ccc(-c4ccccc4)cc3)C2C=C1. The summed E-state index contributed by atoms with van der Waals surface area (Å²) >= 11 is 0. The summed E-state index contributed by atoms with van der Waals surface area (Å²) in [5.74, 6) is 0.303. The van der Waals surface area contributed by atoms with E-state index in [1.165, 1.54) is 88.9 Å². The summed E-state index contributed by atoms with van der Waals surface area (Å²) in [6.07, 6.45) is 9.10. The third-order valence-corrected chi connectivity index (χ3v) is 11.7. The topological polar surface area (TPSA) is 8.17 Å². The average Bonchev–Trinajstić information content (AvgIpc) is 3.79. The highest BCUT2D eigenvalue weighted by molar-refractivity contribution is 6.10. The van der Waals surface area contributed by atoms with Crippen LogP contribution in [-0.4, -0.2) is 10.6 Å². The molecule has 0 saturated carbocycles. The molecule has 0 fully saturated rings. The van der Waals surface area contributed by atoms with Gasteiger partial charge in [-0.05, 0) is 105 Å². The minimum absolute atomic E-state index is 0.254. The molecule has 0 radical (unpaired) electrons. The van der Waals surface area contributed by atoms with Crippen molar-refractivity contribution in [2.24, 2.45) is 0 Å². The van der Waals surface area contributed by atoms with Crippen molar-refractivity contribution in [3.63, 3.8) is 0 Å². The number of allylic oxidation sites excluding steroid dienone is 2. The van der Waals surface area contributed by atoms with Crippen LogP contribution in [0.3, 0.4) is 0 Å². The number of hydrogen-bond donors (Lipinski definition) is 0. The molecule has 0 saturated heterocycles. The number of nitrogens with zero attached hydrogens (tertiary/aromatic N) is 2. The fourth-order valence-electron chi connectivity index (χ4n) is 9.01. The van der Waals surface area contributed by atoms with Crippen molar-refractivity contribution in [1.29, 1.82) is 0 Å². The van der Waals surface area contributed by atoms with Crippen LogP contribution in [-0.2, 0) is 0 Å². The molecule has 9 aromatic rings. The van der Waals surface area contributed by atoms with Gasteiger partial charge in [0.1, 0.15) is 0 Å². The predicted octanol–water partition coefficient (Wildman–Crippen LogP) is 14.2. The third-order valence-electron chi connectivity index (χ3n) is 11.7. The van der Waals surface area contributed by atoms with Crippen molar-refractivity contribution in [2.45, 2.75) is 12.0 Å². The summed E-state index contributed by atoms with van der Waals surface area (Å²) < 4.78 is 2.40. The van der Waals surface area contributed by atoms with Crippen molar-refractivity contribution in [3.8, 4) is 50.2 Å². The van der Waals surface area contributed by atoms with Gasteiger partial charge in [0.05, 0.1) is 17.1 Å². The highest BCUT2D eigenvalue weighted by Crippen LogP contribution is 2.49. The lowest BCUT2D eigenvalue weighted by Gasteiger charge is -2.28. The third kappa shape index (κ3) is 5.41. The molecule has 56 heavy (non-hydrogen) atoms. The Morgan fingerprint density at radius 1 is 0.339 bits per heavy atom. The van der Waals surface area contributed by atoms with Crippen molar-refractivity contribution in [1.82, 2.24) is 4.57 Å². The minimum Gasteiger partial charge on any atom is -0.333 e. The van der Waals surface area contributed by atoms with Gasteiger partial charge in [0.15, 0.2) is 0 Å². The quantitative estimate of drug-likeness (QED) is 0.166. The van der Waals surface area contributed by atoms with Gasteiger partial charge in [-0.15, -0.1) is 0 Å². The fraction of sp³-hybridized carbons (Fsp3) is 0.0370. The molecule has 2 nitrogen and oxygen atoms in total. The monoisotopic (exact) mass is 714 g/mol. The zero-order valence-corrected chi connectivity index (χ0v) is 30.8. The smallest absolute Gasteiger partial charge is 0.0629 e. The Labute approximate surface area is 327 Å². The van der Waals surface area contributed by atoms with Crippen molar-refractivity contribution < 1.29 is 0 Å². The predicted molar refractivity (Wildman–Crippen MR) is 236 cm³/mol. The molecule has 0 bridgehead atoms. The van der Waals surface area contributed by atoms with Crippen LogP contribution in [0.25, 0.3) is 72.0 Å². The molecule has 2 heterocycles. The molecular formula is C54H38N2. The number of anilines is 2. The van der Waals surface area contributed by atoms with E-state index in [9.17, 15) is 0 Å². The van der Waals surface area contributed by atoms with Crippen LogP contribution >= 0.6 is 0 Å². The number of para-hydroxylation sites is 1. The molecular weight excluding hydrogens is 677 g/mol. The van der Waals surface area contributed by atoms with Gasteiger partial charge < -0.3 is 9.47 Å². The Bertz CT molecular complexity index is 2950. The van der Waals surface area contributed by atoms with Crippen LogP contribution < -0.4 is 4.90 Å². The van der Waals surface area contributed by atoms with E-state index in [-0.39, 0.29) is 6.04 Å². The molecule has 2 aliphatic rings. The number of rotatable bonds is 6. The average molecular weight is 715 g/mol. The van der Waals surface area contributed by atoms with E-state index in [1.807, 2.05) is 0 Å². The van der Waals surface area contributed by atoms with Gasteiger partial charge in [-0.2, -0.15) is 0 Å². The van der Waals surface area contributed by atoms with Gasteiger partial charge in [0.25, 0.3) is 0 Å².